The fraction of sp³-hybridized carbons (Fsp3) is 0.500. The van der Waals surface area contributed by atoms with Gasteiger partial charge in [-0.25, -0.2) is 18.7 Å². The lowest BCUT2D eigenvalue weighted by molar-refractivity contribution is 0.0574. The lowest BCUT2D eigenvalue weighted by Crippen LogP contribution is -2.32. The van der Waals surface area contributed by atoms with Crippen LogP contribution in [0.4, 0.5) is 8.78 Å². The molecule has 0 amide bonds. The molecule has 1 aliphatic heterocycles. The van der Waals surface area contributed by atoms with Crippen LogP contribution in [-0.2, 0) is 10.2 Å². The number of nitriles is 1. The van der Waals surface area contributed by atoms with E-state index in [0.29, 0.717) is 26.1 Å². The SMILES string of the molecule is N#CC1(c2nc(-c3cnc(OCC(F)F)cn3)no2)CCOCC1. The van der Waals surface area contributed by atoms with E-state index in [4.69, 9.17) is 14.0 Å². The third kappa shape index (κ3) is 3.30. The molecule has 10 heteroatoms. The molecular formula is C14H13F2N5O3. The molecule has 2 aromatic rings. The van der Waals surface area contributed by atoms with Gasteiger partial charge in [-0.05, 0) is 12.8 Å². The van der Waals surface area contributed by atoms with Crippen LogP contribution in [0, 0.1) is 11.3 Å². The third-order valence-corrected chi connectivity index (χ3v) is 3.61. The summed E-state index contributed by atoms with van der Waals surface area (Å²) in [6, 6.07) is 2.23. The summed E-state index contributed by atoms with van der Waals surface area (Å²) in [7, 11) is 0. The molecule has 1 saturated heterocycles. The molecule has 24 heavy (non-hydrogen) atoms. The lowest BCUT2D eigenvalue weighted by Gasteiger charge is -2.26. The first-order chi connectivity index (χ1) is 11.6. The zero-order valence-corrected chi connectivity index (χ0v) is 12.5. The molecule has 1 fully saturated rings. The molecular weight excluding hydrogens is 324 g/mol. The fourth-order valence-electron chi connectivity index (χ4n) is 2.27. The standard InChI is InChI=1S/C14H13F2N5O3/c15-10(16)7-23-11-6-18-9(5-19-11)12-20-13(24-21-12)14(8-17)1-3-22-4-2-14/h5-6,10H,1-4,7H2. The van der Waals surface area contributed by atoms with Crippen LogP contribution in [0.15, 0.2) is 16.9 Å². The summed E-state index contributed by atoms with van der Waals surface area (Å²) in [6.07, 6.45) is 0.836. The normalized spacial score (nSPS) is 16.8. The first-order valence-electron chi connectivity index (χ1n) is 7.19. The Morgan fingerprint density at radius 2 is 2.08 bits per heavy atom. The highest BCUT2D eigenvalue weighted by atomic mass is 19.3. The predicted octanol–water partition coefficient (Wildman–Crippen LogP) is 1.74. The summed E-state index contributed by atoms with van der Waals surface area (Å²) in [5, 5.41) is 13.3. The van der Waals surface area contributed by atoms with E-state index in [0.717, 1.165) is 0 Å². The predicted molar refractivity (Wildman–Crippen MR) is 74.2 cm³/mol. The number of nitrogens with zero attached hydrogens (tertiary/aromatic N) is 5. The Morgan fingerprint density at radius 3 is 2.71 bits per heavy atom. The Kier molecular flexibility index (Phi) is 4.61. The molecule has 8 nitrogen and oxygen atoms in total. The highest BCUT2D eigenvalue weighted by molar-refractivity contribution is 5.46. The van der Waals surface area contributed by atoms with Gasteiger partial charge in [0.25, 0.3) is 6.43 Å². The molecule has 126 valence electrons. The average Bonchev–Trinajstić information content (AvgIpc) is 3.11. The highest BCUT2D eigenvalue weighted by Crippen LogP contribution is 2.33. The molecule has 0 N–H and O–H groups in total. The minimum Gasteiger partial charge on any atom is -0.470 e. The van der Waals surface area contributed by atoms with E-state index in [1.54, 1.807) is 0 Å². The van der Waals surface area contributed by atoms with Crippen LogP contribution < -0.4 is 4.74 Å². The van der Waals surface area contributed by atoms with Gasteiger partial charge in [-0.3, -0.25) is 0 Å². The van der Waals surface area contributed by atoms with Gasteiger partial charge in [0.2, 0.25) is 17.6 Å². The number of rotatable bonds is 5. The van der Waals surface area contributed by atoms with Crippen LogP contribution in [0.2, 0.25) is 0 Å². The summed E-state index contributed by atoms with van der Waals surface area (Å²) in [5.74, 6) is 0.350. The van der Waals surface area contributed by atoms with Crippen molar-refractivity contribution < 1.29 is 22.8 Å². The van der Waals surface area contributed by atoms with Crippen LogP contribution in [-0.4, -0.2) is 46.4 Å². The van der Waals surface area contributed by atoms with E-state index in [1.165, 1.54) is 12.4 Å². The van der Waals surface area contributed by atoms with Crippen molar-refractivity contribution in [3.8, 4) is 23.5 Å². The molecule has 0 aromatic carbocycles. The Hall–Kier alpha value is -2.67. The van der Waals surface area contributed by atoms with Gasteiger partial charge >= 0.3 is 0 Å². The second-order valence-electron chi connectivity index (χ2n) is 5.17. The van der Waals surface area contributed by atoms with Crippen LogP contribution >= 0.6 is 0 Å². The number of ether oxygens (including phenoxy) is 2. The molecule has 1 aliphatic rings. The van der Waals surface area contributed by atoms with Crippen molar-refractivity contribution in [3.63, 3.8) is 0 Å². The first-order valence-corrected chi connectivity index (χ1v) is 7.19. The summed E-state index contributed by atoms with van der Waals surface area (Å²) < 4.78 is 39.4. The maximum Gasteiger partial charge on any atom is 0.272 e. The van der Waals surface area contributed by atoms with Gasteiger partial charge in [0.05, 0.1) is 18.5 Å². The van der Waals surface area contributed by atoms with Crippen molar-refractivity contribution in [2.24, 2.45) is 0 Å². The topological polar surface area (TPSA) is 107 Å². The van der Waals surface area contributed by atoms with Crippen molar-refractivity contribution in [3.05, 3.63) is 18.3 Å². The molecule has 3 rings (SSSR count). The Bertz CT molecular complexity index is 723. The van der Waals surface area contributed by atoms with E-state index in [-0.39, 0.29) is 23.3 Å². The second-order valence-corrected chi connectivity index (χ2v) is 5.17. The number of halogens is 2. The first kappa shape index (κ1) is 16.2. The van der Waals surface area contributed by atoms with Gasteiger partial charge in [0, 0.05) is 13.2 Å². The van der Waals surface area contributed by atoms with E-state index in [2.05, 4.69) is 26.2 Å². The second kappa shape index (κ2) is 6.84. The molecule has 0 bridgehead atoms. The van der Waals surface area contributed by atoms with Crippen molar-refractivity contribution in [1.29, 1.82) is 5.26 Å². The van der Waals surface area contributed by atoms with Gasteiger partial charge in [0.1, 0.15) is 11.1 Å². The van der Waals surface area contributed by atoms with Crippen LogP contribution in [0.5, 0.6) is 5.88 Å². The van der Waals surface area contributed by atoms with Gasteiger partial charge in [-0.2, -0.15) is 10.2 Å². The minimum atomic E-state index is -2.59. The smallest absolute Gasteiger partial charge is 0.272 e. The van der Waals surface area contributed by atoms with E-state index in [9.17, 15) is 14.0 Å². The Morgan fingerprint density at radius 1 is 1.29 bits per heavy atom. The summed E-state index contributed by atoms with van der Waals surface area (Å²) in [4.78, 5) is 12.1. The van der Waals surface area contributed by atoms with E-state index < -0.39 is 18.4 Å². The Balaban J connectivity index is 1.77. The fourth-order valence-corrected chi connectivity index (χ4v) is 2.27. The minimum absolute atomic E-state index is 0.0271. The maximum atomic E-state index is 12.1. The number of aromatic nitrogens is 4. The zero-order valence-electron chi connectivity index (χ0n) is 12.5. The number of hydrogen-bond acceptors (Lipinski definition) is 8. The van der Waals surface area contributed by atoms with Crippen LogP contribution in [0.1, 0.15) is 18.7 Å². The van der Waals surface area contributed by atoms with Crippen molar-refractivity contribution in [2.45, 2.75) is 24.7 Å². The van der Waals surface area contributed by atoms with Gasteiger partial charge < -0.3 is 14.0 Å². The largest absolute Gasteiger partial charge is 0.470 e. The third-order valence-electron chi connectivity index (χ3n) is 3.61. The zero-order chi connectivity index (χ0) is 17.0. The van der Waals surface area contributed by atoms with Crippen molar-refractivity contribution in [1.82, 2.24) is 20.1 Å². The van der Waals surface area contributed by atoms with E-state index in [1.807, 2.05) is 0 Å². The molecule has 0 spiro atoms. The Labute approximate surface area is 135 Å². The monoisotopic (exact) mass is 337 g/mol. The molecule has 0 radical (unpaired) electrons. The van der Waals surface area contributed by atoms with Gasteiger partial charge in [-0.1, -0.05) is 5.16 Å². The quantitative estimate of drug-likeness (QED) is 0.812. The molecule has 0 atom stereocenters. The van der Waals surface area contributed by atoms with Crippen LogP contribution in [0.3, 0.4) is 0 Å². The molecule has 0 aliphatic carbocycles. The van der Waals surface area contributed by atoms with E-state index >= 15 is 0 Å². The summed E-state index contributed by atoms with van der Waals surface area (Å²) in [5.41, 5.74) is -0.577. The van der Waals surface area contributed by atoms with Gasteiger partial charge in [-0.15, -0.1) is 0 Å². The van der Waals surface area contributed by atoms with Crippen LogP contribution in [0.25, 0.3) is 11.5 Å². The molecule has 2 aromatic heterocycles. The number of alkyl halides is 2. The lowest BCUT2D eigenvalue weighted by atomic mass is 9.82. The summed E-state index contributed by atoms with van der Waals surface area (Å²) >= 11 is 0. The summed E-state index contributed by atoms with van der Waals surface area (Å²) in [6.45, 7) is 0.135. The van der Waals surface area contributed by atoms with Gasteiger partial charge in [0.15, 0.2) is 6.61 Å². The highest BCUT2D eigenvalue weighted by Gasteiger charge is 2.40. The average molecular weight is 337 g/mol. The maximum absolute atomic E-state index is 12.1. The molecule has 0 unspecified atom stereocenters. The van der Waals surface area contributed by atoms with Crippen molar-refractivity contribution >= 4 is 0 Å². The molecule has 0 saturated carbocycles. The number of hydrogen-bond donors (Lipinski definition) is 0. The molecule has 3 heterocycles. The van der Waals surface area contributed by atoms with Crippen molar-refractivity contribution in [2.75, 3.05) is 19.8 Å².